The Hall–Kier alpha value is -4.71. The fraction of sp³-hybridized carbons (Fsp3) is 0.152. The lowest BCUT2D eigenvalue weighted by Crippen LogP contribution is -2.29. The molecule has 39 heavy (non-hydrogen) atoms. The van der Waals surface area contributed by atoms with Crippen molar-refractivity contribution in [3.8, 4) is 5.75 Å². The molecule has 6 heteroatoms. The van der Waals surface area contributed by atoms with Crippen LogP contribution in [-0.2, 0) is 29.0 Å². The smallest absolute Gasteiger partial charge is 0.251 e. The number of hydrogen-bond donors (Lipinski definition) is 1. The maximum absolute atomic E-state index is 13.5. The standard InChI is InChI=1S/C33H31FN2O3/c1-39-31-17-12-26(13-18-31)20-21-35-32(37)23-28-8-5-9-30(22-28)36(24-27-10-15-29(34)16-11-27)33(38)19-14-25-6-3-2-4-7-25/h2-19,22H,20-21,23-24H2,1H3,(H,35,37)/b19-14+. The van der Waals surface area contributed by atoms with Crippen molar-refractivity contribution in [1.29, 1.82) is 0 Å². The summed E-state index contributed by atoms with van der Waals surface area (Å²) in [7, 11) is 1.63. The van der Waals surface area contributed by atoms with Gasteiger partial charge in [0.1, 0.15) is 11.6 Å². The molecule has 0 unspecified atom stereocenters. The van der Waals surface area contributed by atoms with E-state index in [0.717, 1.165) is 28.0 Å². The van der Waals surface area contributed by atoms with E-state index in [1.165, 1.54) is 18.2 Å². The van der Waals surface area contributed by atoms with Crippen LogP contribution in [0, 0.1) is 5.82 Å². The number of carbonyl (C=O) groups excluding carboxylic acids is 2. The van der Waals surface area contributed by atoms with Gasteiger partial charge in [0.05, 0.1) is 20.1 Å². The second-order valence-electron chi connectivity index (χ2n) is 9.09. The first-order valence-corrected chi connectivity index (χ1v) is 12.8. The average Bonchev–Trinajstić information content (AvgIpc) is 2.96. The minimum Gasteiger partial charge on any atom is -0.497 e. The quantitative estimate of drug-likeness (QED) is 0.247. The van der Waals surface area contributed by atoms with Crippen molar-refractivity contribution in [2.24, 2.45) is 0 Å². The van der Waals surface area contributed by atoms with Crippen LogP contribution in [0.1, 0.15) is 22.3 Å². The number of benzene rings is 4. The molecule has 4 rings (SSSR count). The van der Waals surface area contributed by atoms with Crippen molar-refractivity contribution >= 4 is 23.6 Å². The summed E-state index contributed by atoms with van der Waals surface area (Å²) in [5.41, 5.74) is 4.26. The first kappa shape index (κ1) is 27.3. The van der Waals surface area contributed by atoms with E-state index in [9.17, 15) is 14.0 Å². The van der Waals surface area contributed by atoms with Crippen molar-refractivity contribution in [3.05, 3.63) is 137 Å². The molecule has 0 spiro atoms. The molecular weight excluding hydrogens is 491 g/mol. The van der Waals surface area contributed by atoms with Crippen molar-refractivity contribution in [2.45, 2.75) is 19.4 Å². The number of halogens is 1. The van der Waals surface area contributed by atoms with E-state index in [-0.39, 0.29) is 30.6 Å². The zero-order valence-electron chi connectivity index (χ0n) is 21.8. The summed E-state index contributed by atoms with van der Waals surface area (Å²) in [6.45, 7) is 0.778. The predicted octanol–water partition coefficient (Wildman–Crippen LogP) is 5.98. The van der Waals surface area contributed by atoms with Gasteiger partial charge in [-0.1, -0.05) is 66.7 Å². The molecule has 4 aromatic rings. The molecule has 0 heterocycles. The molecular formula is C33H31FN2O3. The highest BCUT2D eigenvalue weighted by molar-refractivity contribution is 6.03. The normalized spacial score (nSPS) is 10.8. The third-order valence-electron chi connectivity index (χ3n) is 6.22. The molecule has 0 aliphatic carbocycles. The van der Waals surface area contributed by atoms with Gasteiger partial charge in [-0.15, -0.1) is 0 Å². The molecule has 0 aliphatic heterocycles. The Kier molecular flexibility index (Phi) is 9.62. The average molecular weight is 523 g/mol. The van der Waals surface area contributed by atoms with Gasteiger partial charge in [0.15, 0.2) is 0 Å². The number of carbonyl (C=O) groups is 2. The Labute approximate surface area is 228 Å². The fourth-order valence-corrected chi connectivity index (χ4v) is 4.11. The van der Waals surface area contributed by atoms with Gasteiger partial charge in [-0.05, 0) is 71.1 Å². The molecule has 0 saturated heterocycles. The van der Waals surface area contributed by atoms with Gasteiger partial charge in [-0.2, -0.15) is 0 Å². The van der Waals surface area contributed by atoms with Gasteiger partial charge in [-0.25, -0.2) is 4.39 Å². The summed E-state index contributed by atoms with van der Waals surface area (Å²) in [5, 5.41) is 2.97. The van der Waals surface area contributed by atoms with E-state index in [2.05, 4.69) is 5.32 Å². The molecule has 5 nitrogen and oxygen atoms in total. The second-order valence-corrected chi connectivity index (χ2v) is 9.09. The SMILES string of the molecule is COc1ccc(CCNC(=O)Cc2cccc(N(Cc3ccc(F)cc3)C(=O)/C=C/c3ccccc3)c2)cc1. The van der Waals surface area contributed by atoms with Crippen molar-refractivity contribution in [2.75, 3.05) is 18.6 Å². The molecule has 1 N–H and O–H groups in total. The lowest BCUT2D eigenvalue weighted by atomic mass is 10.1. The highest BCUT2D eigenvalue weighted by Gasteiger charge is 2.15. The Morgan fingerprint density at radius 3 is 2.28 bits per heavy atom. The number of hydrogen-bond acceptors (Lipinski definition) is 3. The third kappa shape index (κ3) is 8.40. The van der Waals surface area contributed by atoms with E-state index < -0.39 is 0 Å². The van der Waals surface area contributed by atoms with Crippen LogP contribution >= 0.6 is 0 Å². The number of nitrogens with zero attached hydrogens (tertiary/aromatic N) is 1. The molecule has 4 aromatic carbocycles. The fourth-order valence-electron chi connectivity index (χ4n) is 4.11. The number of ether oxygens (including phenoxy) is 1. The molecule has 0 fully saturated rings. The topological polar surface area (TPSA) is 58.6 Å². The van der Waals surface area contributed by atoms with Gasteiger partial charge in [0.2, 0.25) is 5.91 Å². The summed E-state index contributed by atoms with van der Waals surface area (Å²) in [6, 6.07) is 30.8. The lowest BCUT2D eigenvalue weighted by Gasteiger charge is -2.22. The number of amides is 2. The van der Waals surface area contributed by atoms with Crippen LogP contribution < -0.4 is 15.0 Å². The number of anilines is 1. The van der Waals surface area contributed by atoms with Gasteiger partial charge in [0, 0.05) is 18.3 Å². The molecule has 2 amide bonds. The molecule has 0 aliphatic rings. The van der Waals surface area contributed by atoms with E-state index in [4.69, 9.17) is 4.74 Å². The largest absolute Gasteiger partial charge is 0.497 e. The summed E-state index contributed by atoms with van der Waals surface area (Å²) in [6.07, 6.45) is 4.19. The third-order valence-corrected chi connectivity index (χ3v) is 6.22. The van der Waals surface area contributed by atoms with E-state index in [1.54, 1.807) is 30.2 Å². The van der Waals surface area contributed by atoms with Crippen LogP contribution in [-0.4, -0.2) is 25.5 Å². The van der Waals surface area contributed by atoms with Crippen LogP contribution in [0.3, 0.4) is 0 Å². The Bertz CT molecular complexity index is 1400. The van der Waals surface area contributed by atoms with Crippen molar-refractivity contribution in [3.63, 3.8) is 0 Å². The minimum atomic E-state index is -0.333. The van der Waals surface area contributed by atoms with Crippen molar-refractivity contribution in [1.82, 2.24) is 5.32 Å². The van der Waals surface area contributed by atoms with Crippen LogP contribution in [0.25, 0.3) is 6.08 Å². The Morgan fingerprint density at radius 2 is 1.56 bits per heavy atom. The van der Waals surface area contributed by atoms with E-state index >= 15 is 0 Å². The summed E-state index contributed by atoms with van der Waals surface area (Å²) >= 11 is 0. The highest BCUT2D eigenvalue weighted by atomic mass is 19.1. The zero-order chi connectivity index (χ0) is 27.5. The second kappa shape index (κ2) is 13.7. The van der Waals surface area contributed by atoms with E-state index in [0.29, 0.717) is 18.7 Å². The number of nitrogens with one attached hydrogen (secondary N) is 1. The molecule has 0 radical (unpaired) electrons. The first-order valence-electron chi connectivity index (χ1n) is 12.8. The molecule has 198 valence electrons. The molecule has 0 aromatic heterocycles. The summed E-state index contributed by atoms with van der Waals surface area (Å²) in [4.78, 5) is 27.6. The zero-order valence-corrected chi connectivity index (χ0v) is 21.8. The van der Waals surface area contributed by atoms with Crippen LogP contribution in [0.2, 0.25) is 0 Å². The van der Waals surface area contributed by atoms with Crippen LogP contribution in [0.5, 0.6) is 5.75 Å². The van der Waals surface area contributed by atoms with Crippen molar-refractivity contribution < 1.29 is 18.7 Å². The Morgan fingerprint density at radius 1 is 0.846 bits per heavy atom. The monoisotopic (exact) mass is 522 g/mol. The van der Waals surface area contributed by atoms with Gasteiger partial charge < -0.3 is 15.0 Å². The van der Waals surface area contributed by atoms with Crippen LogP contribution in [0.15, 0.2) is 109 Å². The predicted molar refractivity (Wildman–Crippen MR) is 153 cm³/mol. The van der Waals surface area contributed by atoms with Gasteiger partial charge in [0.25, 0.3) is 5.91 Å². The number of rotatable bonds is 11. The minimum absolute atomic E-state index is 0.0963. The maximum atomic E-state index is 13.5. The molecule has 0 saturated carbocycles. The summed E-state index contributed by atoms with van der Waals surface area (Å²) < 4.78 is 18.6. The lowest BCUT2D eigenvalue weighted by molar-refractivity contribution is -0.120. The number of methoxy groups -OCH3 is 1. The summed E-state index contributed by atoms with van der Waals surface area (Å²) in [5.74, 6) is 0.149. The molecule has 0 bridgehead atoms. The maximum Gasteiger partial charge on any atom is 0.251 e. The highest BCUT2D eigenvalue weighted by Crippen LogP contribution is 2.21. The first-order chi connectivity index (χ1) is 19.0. The van der Waals surface area contributed by atoms with Crippen LogP contribution in [0.4, 0.5) is 10.1 Å². The Balaban J connectivity index is 1.44. The molecule has 0 atom stereocenters. The van der Waals surface area contributed by atoms with Gasteiger partial charge in [-0.3, -0.25) is 9.59 Å². The van der Waals surface area contributed by atoms with E-state index in [1.807, 2.05) is 78.9 Å². The van der Waals surface area contributed by atoms with Gasteiger partial charge >= 0.3 is 0 Å².